The lowest BCUT2D eigenvalue weighted by Gasteiger charge is -2.24. The molecule has 5 N–H and O–H groups in total. The molecule has 14 heteroatoms. The van der Waals surface area contributed by atoms with E-state index in [0.717, 1.165) is 18.9 Å². The number of nitrogen functional groups attached to an aromatic ring is 2. The van der Waals surface area contributed by atoms with Crippen LogP contribution in [0.15, 0.2) is 42.7 Å². The number of benzene rings is 1. The Morgan fingerprint density at radius 1 is 1.20 bits per heavy atom. The standard InChI is InChI=1S/C26H23F3N8O3/c1-12(13-2-3-13)36-11-15-8-14(9-18(20(15)25(36)39)40-26(27,28)29)17-6-7-37-23(34-17)21(22(31)35-37)24(38)33-16-4-5-19(30)32-10-16/h4-10,12-13H,2-3,11H2,1H3,(H2,30,32)(H2,31,35)(H,33,38). The number of nitrogens with one attached hydrogen (secondary N) is 1. The van der Waals surface area contributed by atoms with Gasteiger partial charge >= 0.3 is 6.36 Å². The van der Waals surface area contributed by atoms with Gasteiger partial charge in [0.2, 0.25) is 0 Å². The van der Waals surface area contributed by atoms with E-state index in [1.807, 2.05) is 6.92 Å². The molecule has 1 atom stereocenters. The minimum atomic E-state index is -5.01. The van der Waals surface area contributed by atoms with E-state index >= 15 is 0 Å². The zero-order valence-electron chi connectivity index (χ0n) is 21.1. The number of ether oxygens (including phenoxy) is 1. The predicted octanol–water partition coefficient (Wildman–Crippen LogP) is 3.86. The molecule has 206 valence electrons. The lowest BCUT2D eigenvalue weighted by molar-refractivity contribution is -0.274. The number of nitrogens with zero attached hydrogens (tertiary/aromatic N) is 5. The summed E-state index contributed by atoms with van der Waals surface area (Å²) in [6.07, 6.45) is -0.208. The summed E-state index contributed by atoms with van der Waals surface area (Å²) in [4.78, 5) is 36.3. The summed E-state index contributed by atoms with van der Waals surface area (Å²) in [5.41, 5.74) is 12.8. The van der Waals surface area contributed by atoms with Crippen LogP contribution in [0.25, 0.3) is 16.9 Å². The Balaban J connectivity index is 1.40. The zero-order valence-corrected chi connectivity index (χ0v) is 21.1. The van der Waals surface area contributed by atoms with Crippen LogP contribution in [0.1, 0.15) is 46.0 Å². The number of hydrogen-bond acceptors (Lipinski definition) is 8. The van der Waals surface area contributed by atoms with Crippen molar-refractivity contribution in [3.63, 3.8) is 0 Å². The molecule has 0 saturated heterocycles. The molecular formula is C26H23F3N8O3. The fraction of sp³-hybridized carbons (Fsp3) is 0.269. The molecule has 0 bridgehead atoms. The maximum absolute atomic E-state index is 13.4. The molecule has 1 saturated carbocycles. The van der Waals surface area contributed by atoms with Crippen molar-refractivity contribution in [2.24, 2.45) is 5.92 Å². The Labute approximate surface area is 224 Å². The normalized spacial score (nSPS) is 15.8. The first-order chi connectivity index (χ1) is 19.0. The number of nitrogens with two attached hydrogens (primary N) is 2. The zero-order chi connectivity index (χ0) is 28.3. The third kappa shape index (κ3) is 4.61. The molecule has 3 aromatic heterocycles. The first kappa shape index (κ1) is 25.4. The number of rotatable bonds is 6. The van der Waals surface area contributed by atoms with Crippen LogP contribution in [0.4, 0.5) is 30.5 Å². The van der Waals surface area contributed by atoms with Gasteiger partial charge in [-0.05, 0) is 61.6 Å². The highest BCUT2D eigenvalue weighted by molar-refractivity contribution is 6.11. The van der Waals surface area contributed by atoms with E-state index in [-0.39, 0.29) is 52.3 Å². The number of amides is 2. The second-order valence-corrected chi connectivity index (χ2v) is 9.83. The molecule has 6 rings (SSSR count). The Hall–Kier alpha value is -4.88. The fourth-order valence-corrected chi connectivity index (χ4v) is 4.95. The van der Waals surface area contributed by atoms with Crippen LogP contribution in [0.2, 0.25) is 0 Å². The Morgan fingerprint density at radius 3 is 2.65 bits per heavy atom. The Kier molecular flexibility index (Phi) is 5.78. The molecule has 2 aliphatic rings. The maximum Gasteiger partial charge on any atom is 0.573 e. The van der Waals surface area contributed by atoms with Crippen molar-refractivity contribution in [3.05, 3.63) is 59.4 Å². The van der Waals surface area contributed by atoms with Crippen LogP contribution in [0.3, 0.4) is 0 Å². The number of pyridine rings is 1. The number of aromatic nitrogens is 4. The summed E-state index contributed by atoms with van der Waals surface area (Å²) in [7, 11) is 0. The molecule has 0 radical (unpaired) electrons. The smallest absolute Gasteiger partial charge is 0.405 e. The first-order valence-corrected chi connectivity index (χ1v) is 12.4. The minimum Gasteiger partial charge on any atom is -0.405 e. The molecule has 4 heterocycles. The molecule has 1 unspecified atom stereocenters. The molecule has 1 fully saturated rings. The molecular weight excluding hydrogens is 529 g/mol. The van der Waals surface area contributed by atoms with E-state index in [1.54, 1.807) is 17.0 Å². The molecule has 4 aromatic rings. The second kappa shape index (κ2) is 9.10. The highest BCUT2D eigenvalue weighted by atomic mass is 19.4. The van der Waals surface area contributed by atoms with Gasteiger partial charge in [-0.3, -0.25) is 9.59 Å². The molecule has 0 spiro atoms. The monoisotopic (exact) mass is 552 g/mol. The lowest BCUT2D eigenvalue weighted by Crippen LogP contribution is -2.34. The highest BCUT2D eigenvalue weighted by Gasteiger charge is 2.42. The van der Waals surface area contributed by atoms with Crippen molar-refractivity contribution in [1.29, 1.82) is 0 Å². The van der Waals surface area contributed by atoms with Gasteiger partial charge in [0.15, 0.2) is 11.5 Å². The predicted molar refractivity (Wildman–Crippen MR) is 138 cm³/mol. The Bertz CT molecular complexity index is 1660. The van der Waals surface area contributed by atoms with Gasteiger partial charge in [0, 0.05) is 24.3 Å². The van der Waals surface area contributed by atoms with E-state index < -0.39 is 23.9 Å². The van der Waals surface area contributed by atoms with Crippen molar-refractivity contribution in [1.82, 2.24) is 24.5 Å². The summed E-state index contributed by atoms with van der Waals surface area (Å²) < 4.78 is 45.7. The van der Waals surface area contributed by atoms with Crippen LogP contribution in [0, 0.1) is 5.92 Å². The van der Waals surface area contributed by atoms with Crippen LogP contribution in [-0.4, -0.2) is 48.7 Å². The summed E-state index contributed by atoms with van der Waals surface area (Å²) in [6, 6.07) is 7.23. The van der Waals surface area contributed by atoms with Crippen LogP contribution in [0.5, 0.6) is 5.75 Å². The molecule has 1 aliphatic heterocycles. The number of carbonyl (C=O) groups is 2. The number of carbonyl (C=O) groups excluding carboxylic acids is 2. The van der Waals surface area contributed by atoms with Crippen molar-refractivity contribution in [2.75, 3.05) is 16.8 Å². The van der Waals surface area contributed by atoms with Crippen molar-refractivity contribution in [3.8, 4) is 17.0 Å². The number of hydrogen-bond donors (Lipinski definition) is 3. The maximum atomic E-state index is 13.4. The minimum absolute atomic E-state index is 0.0359. The number of halogens is 3. The summed E-state index contributed by atoms with van der Waals surface area (Å²) >= 11 is 0. The molecule has 11 nitrogen and oxygen atoms in total. The summed E-state index contributed by atoms with van der Waals surface area (Å²) in [5, 5.41) is 6.77. The number of fused-ring (bicyclic) bond motifs is 2. The van der Waals surface area contributed by atoms with Gasteiger partial charge in [-0.1, -0.05) is 0 Å². The van der Waals surface area contributed by atoms with Crippen molar-refractivity contribution < 1.29 is 27.5 Å². The quantitative estimate of drug-likeness (QED) is 0.326. The van der Waals surface area contributed by atoms with Crippen molar-refractivity contribution >= 4 is 34.8 Å². The van der Waals surface area contributed by atoms with E-state index in [1.165, 1.54) is 29.0 Å². The SMILES string of the molecule is CC(C1CC1)N1Cc2cc(-c3ccn4nc(N)c(C(=O)Nc5ccc(N)nc5)c4n3)cc(OC(F)(F)F)c2C1=O. The van der Waals surface area contributed by atoms with Crippen LogP contribution in [-0.2, 0) is 6.54 Å². The number of alkyl halides is 3. The largest absolute Gasteiger partial charge is 0.573 e. The second-order valence-electron chi connectivity index (χ2n) is 9.83. The molecule has 2 amide bonds. The van der Waals surface area contributed by atoms with Gasteiger partial charge in [0.25, 0.3) is 11.8 Å². The highest BCUT2D eigenvalue weighted by Crippen LogP contribution is 2.42. The van der Waals surface area contributed by atoms with Gasteiger partial charge in [0.1, 0.15) is 17.1 Å². The molecule has 1 aromatic carbocycles. The van der Waals surface area contributed by atoms with Gasteiger partial charge in [0.05, 0.1) is 23.1 Å². The van der Waals surface area contributed by atoms with Crippen molar-refractivity contribution in [2.45, 2.75) is 38.7 Å². The summed E-state index contributed by atoms with van der Waals surface area (Å²) in [6.45, 7) is 2.05. The number of anilines is 3. The molecule has 1 aliphatic carbocycles. The van der Waals surface area contributed by atoms with E-state index in [4.69, 9.17) is 11.5 Å². The Morgan fingerprint density at radius 2 is 1.98 bits per heavy atom. The van der Waals surface area contributed by atoms with E-state index in [0.29, 0.717) is 17.2 Å². The van der Waals surface area contributed by atoms with E-state index in [9.17, 15) is 22.8 Å². The topological polar surface area (TPSA) is 154 Å². The lowest BCUT2D eigenvalue weighted by atomic mass is 10.0. The van der Waals surface area contributed by atoms with Gasteiger partial charge in [-0.25, -0.2) is 14.5 Å². The van der Waals surface area contributed by atoms with Gasteiger partial charge < -0.3 is 26.4 Å². The first-order valence-electron chi connectivity index (χ1n) is 12.4. The van der Waals surface area contributed by atoms with Crippen LogP contribution >= 0.6 is 0 Å². The fourth-order valence-electron chi connectivity index (χ4n) is 4.95. The van der Waals surface area contributed by atoms with E-state index in [2.05, 4.69) is 25.1 Å². The summed E-state index contributed by atoms with van der Waals surface area (Å²) in [5.74, 6) is -1.21. The third-order valence-electron chi connectivity index (χ3n) is 7.10. The average molecular weight is 553 g/mol. The molecule has 40 heavy (non-hydrogen) atoms. The van der Waals surface area contributed by atoms with Gasteiger partial charge in [-0.15, -0.1) is 18.3 Å². The van der Waals surface area contributed by atoms with Crippen LogP contribution < -0.4 is 21.5 Å². The average Bonchev–Trinajstić information content (AvgIpc) is 3.61. The van der Waals surface area contributed by atoms with Gasteiger partial charge in [-0.2, -0.15) is 0 Å². The third-order valence-corrected chi connectivity index (χ3v) is 7.10.